The highest BCUT2D eigenvalue weighted by molar-refractivity contribution is 7.20. The molecule has 0 atom stereocenters. The lowest BCUT2D eigenvalue weighted by Gasteiger charge is -2.06. The smallest absolute Gasteiger partial charge is 0.262 e. The number of nitrogens with one attached hydrogen (secondary N) is 1. The average Bonchev–Trinajstić information content (AvgIpc) is 2.78. The van der Waals surface area contributed by atoms with Crippen LogP contribution in [0.5, 0.6) is 0 Å². The van der Waals surface area contributed by atoms with Crippen LogP contribution >= 0.6 is 11.3 Å². The molecule has 112 valence electrons. The summed E-state index contributed by atoms with van der Waals surface area (Å²) in [6.07, 6.45) is 1.29. The van der Waals surface area contributed by atoms with Crippen molar-refractivity contribution in [3.63, 3.8) is 0 Å². The van der Waals surface area contributed by atoms with Crippen LogP contribution in [-0.2, 0) is 11.3 Å². The fourth-order valence-corrected chi connectivity index (χ4v) is 2.92. The Balaban J connectivity index is 2.42. The van der Waals surface area contributed by atoms with Gasteiger partial charge < -0.3 is 16.8 Å². The molecule has 0 aliphatic carbocycles. The van der Waals surface area contributed by atoms with E-state index < -0.39 is 5.91 Å². The third-order valence-corrected chi connectivity index (χ3v) is 4.14. The second-order valence-corrected chi connectivity index (χ2v) is 5.42. The summed E-state index contributed by atoms with van der Waals surface area (Å²) in [5, 5.41) is 2.89. The zero-order valence-electron chi connectivity index (χ0n) is 11.4. The number of carbonyl (C=O) groups excluding carboxylic acids is 2. The second kappa shape index (κ2) is 6.02. The molecule has 9 heteroatoms. The van der Waals surface area contributed by atoms with Crippen molar-refractivity contribution in [1.29, 1.82) is 0 Å². The molecule has 2 amide bonds. The first-order valence-corrected chi connectivity index (χ1v) is 7.02. The Morgan fingerprint density at radius 2 is 2.19 bits per heavy atom. The van der Waals surface area contributed by atoms with Crippen LogP contribution in [-0.4, -0.2) is 34.5 Å². The van der Waals surface area contributed by atoms with Gasteiger partial charge in [0.15, 0.2) is 0 Å². The topological polar surface area (TPSA) is 133 Å². The highest BCUT2D eigenvalue weighted by atomic mass is 32.1. The summed E-state index contributed by atoms with van der Waals surface area (Å²) in [5.74, 6) is -0.922. The van der Waals surface area contributed by atoms with Gasteiger partial charge in [0.25, 0.3) is 11.5 Å². The predicted octanol–water partition coefficient (Wildman–Crippen LogP) is -1.06. The van der Waals surface area contributed by atoms with Gasteiger partial charge in [-0.05, 0) is 12.5 Å². The summed E-state index contributed by atoms with van der Waals surface area (Å²) in [5.41, 5.74) is 10.7. The Bertz CT molecular complexity index is 764. The summed E-state index contributed by atoms with van der Waals surface area (Å²) in [4.78, 5) is 40.2. The van der Waals surface area contributed by atoms with Crippen LogP contribution in [0.25, 0.3) is 10.2 Å². The van der Waals surface area contributed by atoms with Gasteiger partial charge in [-0.1, -0.05) is 0 Å². The van der Waals surface area contributed by atoms with Gasteiger partial charge >= 0.3 is 0 Å². The van der Waals surface area contributed by atoms with Crippen molar-refractivity contribution in [1.82, 2.24) is 14.9 Å². The van der Waals surface area contributed by atoms with E-state index in [0.29, 0.717) is 33.7 Å². The number of aromatic nitrogens is 2. The summed E-state index contributed by atoms with van der Waals surface area (Å²) in [6.45, 7) is 2.15. The number of aryl methyl sites for hydroxylation is 1. The molecule has 2 heterocycles. The van der Waals surface area contributed by atoms with E-state index in [0.717, 1.165) is 11.3 Å². The van der Waals surface area contributed by atoms with Gasteiger partial charge in [0.2, 0.25) is 5.91 Å². The number of thiophene rings is 1. The summed E-state index contributed by atoms with van der Waals surface area (Å²) < 4.78 is 1.19. The number of hydrogen-bond donors (Lipinski definition) is 3. The minimum Gasteiger partial charge on any atom is -0.365 e. The predicted molar refractivity (Wildman–Crippen MR) is 79.2 cm³/mol. The molecule has 2 aromatic heterocycles. The molecule has 2 rings (SSSR count). The van der Waals surface area contributed by atoms with Crippen molar-refractivity contribution >= 4 is 33.4 Å². The number of rotatable bonds is 5. The van der Waals surface area contributed by atoms with Crippen molar-refractivity contribution < 1.29 is 9.59 Å². The van der Waals surface area contributed by atoms with E-state index in [1.165, 1.54) is 10.9 Å². The molecule has 5 N–H and O–H groups in total. The maximum absolute atomic E-state index is 12.4. The Kier molecular flexibility index (Phi) is 4.34. The average molecular weight is 309 g/mol. The van der Waals surface area contributed by atoms with Gasteiger partial charge in [-0.3, -0.25) is 19.0 Å². The molecule has 0 unspecified atom stereocenters. The lowest BCUT2D eigenvalue weighted by molar-refractivity contribution is -0.121. The third-order valence-electron chi connectivity index (χ3n) is 2.92. The van der Waals surface area contributed by atoms with E-state index >= 15 is 0 Å². The van der Waals surface area contributed by atoms with Crippen LogP contribution in [0.15, 0.2) is 11.1 Å². The van der Waals surface area contributed by atoms with Crippen molar-refractivity contribution in [2.45, 2.75) is 13.5 Å². The van der Waals surface area contributed by atoms with Crippen LogP contribution in [0.3, 0.4) is 0 Å². The highest BCUT2D eigenvalue weighted by Crippen LogP contribution is 2.26. The number of nitrogens with two attached hydrogens (primary N) is 2. The Morgan fingerprint density at radius 1 is 1.48 bits per heavy atom. The number of primary amides is 1. The number of carbonyl (C=O) groups is 2. The molecule has 0 saturated heterocycles. The van der Waals surface area contributed by atoms with Crippen LogP contribution in [0.4, 0.5) is 0 Å². The Morgan fingerprint density at radius 3 is 2.81 bits per heavy atom. The molecule has 0 aromatic carbocycles. The molecule has 2 aromatic rings. The zero-order valence-corrected chi connectivity index (χ0v) is 12.2. The number of hydrogen-bond acceptors (Lipinski definition) is 6. The van der Waals surface area contributed by atoms with E-state index in [1.807, 2.05) is 0 Å². The van der Waals surface area contributed by atoms with Crippen LogP contribution in [0.2, 0.25) is 0 Å². The maximum atomic E-state index is 12.4. The Labute approximate surface area is 123 Å². The van der Waals surface area contributed by atoms with Gasteiger partial charge in [-0.25, -0.2) is 4.98 Å². The maximum Gasteiger partial charge on any atom is 0.262 e. The molecule has 0 fully saturated rings. The van der Waals surface area contributed by atoms with Gasteiger partial charge in [-0.2, -0.15) is 0 Å². The summed E-state index contributed by atoms with van der Waals surface area (Å²) >= 11 is 1.07. The van der Waals surface area contributed by atoms with E-state index in [1.54, 1.807) is 6.92 Å². The van der Waals surface area contributed by atoms with Crippen molar-refractivity contribution in [2.24, 2.45) is 11.5 Å². The minimum absolute atomic E-state index is 0.150. The van der Waals surface area contributed by atoms with Gasteiger partial charge in [0.05, 0.1) is 16.6 Å². The molecular weight excluding hydrogens is 294 g/mol. The van der Waals surface area contributed by atoms with E-state index in [9.17, 15) is 14.4 Å². The Hall–Kier alpha value is -2.26. The first-order chi connectivity index (χ1) is 9.95. The molecule has 0 saturated carbocycles. The monoisotopic (exact) mass is 309 g/mol. The minimum atomic E-state index is -0.595. The van der Waals surface area contributed by atoms with Gasteiger partial charge in [0, 0.05) is 13.1 Å². The first kappa shape index (κ1) is 15.1. The molecule has 0 spiro atoms. The standard InChI is InChI=1S/C12H15N5O3S/c1-6-8-11(21-9(6)10(14)19)16-5-17(12(8)20)4-7(18)15-3-2-13/h5H,2-4,13H2,1H3,(H2,14,19)(H,15,18). The van der Waals surface area contributed by atoms with Crippen LogP contribution in [0.1, 0.15) is 15.2 Å². The second-order valence-electron chi connectivity index (χ2n) is 4.42. The largest absolute Gasteiger partial charge is 0.365 e. The fraction of sp³-hybridized carbons (Fsp3) is 0.333. The van der Waals surface area contributed by atoms with Crippen molar-refractivity contribution in [3.05, 3.63) is 27.1 Å². The number of amides is 2. The van der Waals surface area contributed by atoms with Gasteiger partial charge in [-0.15, -0.1) is 11.3 Å². The third kappa shape index (κ3) is 2.93. The molecule has 0 aliphatic heterocycles. The molecule has 8 nitrogen and oxygen atoms in total. The quantitative estimate of drug-likeness (QED) is 0.647. The molecule has 0 aliphatic rings. The molecule has 21 heavy (non-hydrogen) atoms. The highest BCUT2D eigenvalue weighted by Gasteiger charge is 2.18. The summed E-state index contributed by atoms with van der Waals surface area (Å²) in [7, 11) is 0. The molecule has 0 bridgehead atoms. The normalized spacial score (nSPS) is 10.8. The van der Waals surface area contributed by atoms with E-state index in [2.05, 4.69) is 10.3 Å². The van der Waals surface area contributed by atoms with Crippen molar-refractivity contribution in [2.75, 3.05) is 13.1 Å². The lowest BCUT2D eigenvalue weighted by atomic mass is 10.2. The zero-order chi connectivity index (χ0) is 15.6. The van der Waals surface area contributed by atoms with Crippen molar-refractivity contribution in [3.8, 4) is 0 Å². The fourth-order valence-electron chi connectivity index (χ4n) is 1.93. The van der Waals surface area contributed by atoms with E-state index in [-0.39, 0.29) is 18.0 Å². The van der Waals surface area contributed by atoms with Gasteiger partial charge in [0.1, 0.15) is 11.4 Å². The number of nitrogens with zero attached hydrogens (tertiary/aromatic N) is 2. The van der Waals surface area contributed by atoms with Crippen LogP contribution < -0.4 is 22.3 Å². The lowest BCUT2D eigenvalue weighted by Crippen LogP contribution is -2.35. The first-order valence-electron chi connectivity index (χ1n) is 6.20. The van der Waals surface area contributed by atoms with Crippen LogP contribution in [0, 0.1) is 6.92 Å². The number of fused-ring (bicyclic) bond motifs is 1. The molecule has 0 radical (unpaired) electrons. The SMILES string of the molecule is Cc1c(C(N)=O)sc2ncn(CC(=O)NCCN)c(=O)c12. The molecular formula is C12H15N5O3S. The summed E-state index contributed by atoms with van der Waals surface area (Å²) in [6, 6.07) is 0. The van der Waals surface area contributed by atoms with E-state index in [4.69, 9.17) is 11.5 Å².